The number of hydrogen-bond donors (Lipinski definition) is 2. The van der Waals surface area contributed by atoms with Crippen molar-refractivity contribution in [2.24, 2.45) is 0 Å². The number of ether oxygens (including phenoxy) is 1. The molecule has 2 N–H and O–H groups in total. The van der Waals surface area contributed by atoms with E-state index in [0.29, 0.717) is 12.5 Å². The molecule has 23 heavy (non-hydrogen) atoms. The number of halogens is 1. The van der Waals surface area contributed by atoms with Gasteiger partial charge in [-0.3, -0.25) is 0 Å². The van der Waals surface area contributed by atoms with Gasteiger partial charge in [-0.05, 0) is 37.5 Å². The first kappa shape index (κ1) is 15.7. The van der Waals surface area contributed by atoms with E-state index in [0.717, 1.165) is 43.1 Å². The van der Waals surface area contributed by atoms with E-state index in [9.17, 15) is 4.39 Å². The zero-order valence-corrected chi connectivity index (χ0v) is 13.2. The molecule has 6 heteroatoms. The predicted molar refractivity (Wildman–Crippen MR) is 88.0 cm³/mol. The Morgan fingerprint density at radius 3 is 2.78 bits per heavy atom. The standard InChI is InChI=1S/C17H21FN4O/c1-12-9-16(19-11-15-3-2-8-23-15)22-17(21-12)20-10-13-4-6-14(18)7-5-13/h4-7,9,15H,2-3,8,10-11H2,1H3,(H2,19,20,21,22). The molecular formula is C17H21FN4O. The second-order valence-corrected chi connectivity index (χ2v) is 5.71. The van der Waals surface area contributed by atoms with Gasteiger partial charge in [-0.2, -0.15) is 4.98 Å². The highest BCUT2D eigenvalue weighted by molar-refractivity contribution is 5.42. The Kier molecular flexibility index (Phi) is 5.02. The van der Waals surface area contributed by atoms with Gasteiger partial charge < -0.3 is 15.4 Å². The molecule has 1 aliphatic heterocycles. The largest absolute Gasteiger partial charge is 0.376 e. The molecule has 0 saturated carbocycles. The fourth-order valence-electron chi connectivity index (χ4n) is 2.55. The highest BCUT2D eigenvalue weighted by Crippen LogP contribution is 2.15. The van der Waals surface area contributed by atoms with Crippen molar-refractivity contribution in [1.29, 1.82) is 0 Å². The van der Waals surface area contributed by atoms with Crippen LogP contribution in [-0.2, 0) is 11.3 Å². The van der Waals surface area contributed by atoms with Crippen LogP contribution in [0.5, 0.6) is 0 Å². The maximum atomic E-state index is 12.9. The normalized spacial score (nSPS) is 17.2. The van der Waals surface area contributed by atoms with E-state index in [4.69, 9.17) is 4.74 Å². The Bertz CT molecular complexity index is 642. The van der Waals surface area contributed by atoms with E-state index in [1.54, 1.807) is 12.1 Å². The van der Waals surface area contributed by atoms with Crippen molar-refractivity contribution in [3.63, 3.8) is 0 Å². The van der Waals surface area contributed by atoms with Crippen LogP contribution in [0.3, 0.4) is 0 Å². The first-order chi connectivity index (χ1) is 11.2. The smallest absolute Gasteiger partial charge is 0.225 e. The molecule has 1 aromatic carbocycles. The number of aryl methyl sites for hydroxylation is 1. The molecule has 1 aromatic heterocycles. The van der Waals surface area contributed by atoms with Crippen LogP contribution in [0.2, 0.25) is 0 Å². The van der Waals surface area contributed by atoms with E-state index in [1.807, 2.05) is 13.0 Å². The Morgan fingerprint density at radius 2 is 2.04 bits per heavy atom. The monoisotopic (exact) mass is 316 g/mol. The summed E-state index contributed by atoms with van der Waals surface area (Å²) in [5.74, 6) is 1.11. The molecule has 3 rings (SSSR count). The Labute approximate surface area is 135 Å². The summed E-state index contributed by atoms with van der Waals surface area (Å²) in [5, 5.41) is 6.48. The van der Waals surface area contributed by atoms with E-state index in [-0.39, 0.29) is 11.9 Å². The summed E-state index contributed by atoms with van der Waals surface area (Å²) in [6.07, 6.45) is 2.48. The molecule has 1 saturated heterocycles. The van der Waals surface area contributed by atoms with E-state index in [2.05, 4.69) is 20.6 Å². The predicted octanol–water partition coefficient (Wildman–Crippen LogP) is 3.13. The second kappa shape index (κ2) is 7.37. The highest BCUT2D eigenvalue weighted by atomic mass is 19.1. The quantitative estimate of drug-likeness (QED) is 0.857. The molecule has 0 radical (unpaired) electrons. The van der Waals surface area contributed by atoms with Crippen molar-refractivity contribution in [2.75, 3.05) is 23.8 Å². The van der Waals surface area contributed by atoms with Gasteiger partial charge in [0.05, 0.1) is 6.10 Å². The van der Waals surface area contributed by atoms with Crippen LogP contribution in [0.15, 0.2) is 30.3 Å². The van der Waals surface area contributed by atoms with Crippen molar-refractivity contribution >= 4 is 11.8 Å². The lowest BCUT2D eigenvalue weighted by Gasteiger charge is -2.13. The average molecular weight is 316 g/mol. The van der Waals surface area contributed by atoms with Crippen LogP contribution in [-0.4, -0.2) is 29.2 Å². The summed E-state index contributed by atoms with van der Waals surface area (Å²) < 4.78 is 18.5. The van der Waals surface area contributed by atoms with Gasteiger partial charge in [0.2, 0.25) is 5.95 Å². The molecule has 1 atom stereocenters. The Balaban J connectivity index is 1.59. The Morgan fingerprint density at radius 1 is 1.22 bits per heavy atom. The van der Waals surface area contributed by atoms with Gasteiger partial charge in [0.15, 0.2) is 0 Å². The molecule has 122 valence electrons. The minimum Gasteiger partial charge on any atom is -0.376 e. The van der Waals surface area contributed by atoms with Crippen molar-refractivity contribution in [3.8, 4) is 0 Å². The molecule has 1 unspecified atom stereocenters. The van der Waals surface area contributed by atoms with Crippen LogP contribution in [0.4, 0.5) is 16.2 Å². The number of aromatic nitrogens is 2. The third kappa shape index (κ3) is 4.63. The van der Waals surface area contributed by atoms with E-state index < -0.39 is 0 Å². The minimum absolute atomic E-state index is 0.235. The summed E-state index contributed by atoms with van der Waals surface area (Å²) in [5.41, 5.74) is 1.86. The van der Waals surface area contributed by atoms with Gasteiger partial charge in [-0.1, -0.05) is 12.1 Å². The van der Waals surface area contributed by atoms with E-state index in [1.165, 1.54) is 12.1 Å². The molecule has 2 aromatic rings. The SMILES string of the molecule is Cc1cc(NCC2CCCO2)nc(NCc2ccc(F)cc2)n1. The summed E-state index contributed by atoms with van der Waals surface area (Å²) in [6.45, 7) is 4.09. The van der Waals surface area contributed by atoms with Gasteiger partial charge in [-0.15, -0.1) is 0 Å². The van der Waals surface area contributed by atoms with Crippen LogP contribution in [0.25, 0.3) is 0 Å². The first-order valence-corrected chi connectivity index (χ1v) is 7.88. The van der Waals surface area contributed by atoms with Crippen molar-refractivity contribution in [2.45, 2.75) is 32.4 Å². The molecule has 0 aliphatic carbocycles. The highest BCUT2D eigenvalue weighted by Gasteiger charge is 2.15. The lowest BCUT2D eigenvalue weighted by molar-refractivity contribution is 0.120. The van der Waals surface area contributed by atoms with Crippen LogP contribution in [0, 0.1) is 12.7 Å². The number of hydrogen-bond acceptors (Lipinski definition) is 5. The molecular weight excluding hydrogens is 295 g/mol. The van der Waals surface area contributed by atoms with Crippen LogP contribution in [0.1, 0.15) is 24.1 Å². The molecule has 1 aliphatic rings. The van der Waals surface area contributed by atoms with Gasteiger partial charge in [0, 0.05) is 31.5 Å². The summed E-state index contributed by atoms with van der Waals surface area (Å²) in [4.78, 5) is 8.84. The third-order valence-corrected chi connectivity index (χ3v) is 3.75. The fraction of sp³-hybridized carbons (Fsp3) is 0.412. The molecule has 0 amide bonds. The Hall–Kier alpha value is -2.21. The van der Waals surface area contributed by atoms with Gasteiger partial charge >= 0.3 is 0 Å². The number of rotatable bonds is 6. The number of nitrogens with one attached hydrogen (secondary N) is 2. The zero-order valence-electron chi connectivity index (χ0n) is 13.2. The summed E-state index contributed by atoms with van der Waals surface area (Å²) >= 11 is 0. The second-order valence-electron chi connectivity index (χ2n) is 5.71. The first-order valence-electron chi connectivity index (χ1n) is 7.88. The lowest BCUT2D eigenvalue weighted by Crippen LogP contribution is -2.19. The van der Waals surface area contributed by atoms with Gasteiger partial charge in [0.25, 0.3) is 0 Å². The van der Waals surface area contributed by atoms with Crippen molar-refractivity contribution in [1.82, 2.24) is 9.97 Å². The molecule has 1 fully saturated rings. The van der Waals surface area contributed by atoms with Gasteiger partial charge in [-0.25, -0.2) is 9.37 Å². The number of benzene rings is 1. The fourth-order valence-corrected chi connectivity index (χ4v) is 2.55. The minimum atomic E-state index is -0.235. The van der Waals surface area contributed by atoms with Crippen molar-refractivity contribution < 1.29 is 9.13 Å². The number of anilines is 2. The maximum Gasteiger partial charge on any atom is 0.225 e. The molecule has 0 spiro atoms. The molecule has 0 bridgehead atoms. The summed E-state index contributed by atoms with van der Waals surface area (Å²) in [6, 6.07) is 8.30. The average Bonchev–Trinajstić information content (AvgIpc) is 3.05. The van der Waals surface area contributed by atoms with Crippen molar-refractivity contribution in [3.05, 3.63) is 47.4 Å². The molecule has 2 heterocycles. The van der Waals surface area contributed by atoms with Crippen LogP contribution >= 0.6 is 0 Å². The van der Waals surface area contributed by atoms with Gasteiger partial charge in [0.1, 0.15) is 11.6 Å². The lowest BCUT2D eigenvalue weighted by atomic mass is 10.2. The van der Waals surface area contributed by atoms with E-state index >= 15 is 0 Å². The topological polar surface area (TPSA) is 59.1 Å². The number of nitrogens with zero attached hydrogens (tertiary/aromatic N) is 2. The zero-order chi connectivity index (χ0) is 16.1. The third-order valence-electron chi connectivity index (χ3n) is 3.75. The maximum absolute atomic E-state index is 12.9. The molecule has 5 nitrogen and oxygen atoms in total. The van der Waals surface area contributed by atoms with Crippen LogP contribution < -0.4 is 10.6 Å². The summed E-state index contributed by atoms with van der Waals surface area (Å²) in [7, 11) is 0.